The number of nitrogens with one attached hydrogen (secondary N) is 1. The van der Waals surface area contributed by atoms with Crippen molar-refractivity contribution in [2.75, 3.05) is 13.1 Å². The van der Waals surface area contributed by atoms with E-state index in [4.69, 9.17) is 5.73 Å². The van der Waals surface area contributed by atoms with Crippen LogP contribution in [0.3, 0.4) is 0 Å². The molecule has 2 aliphatic rings. The number of primary amides is 1. The van der Waals surface area contributed by atoms with E-state index in [0.717, 1.165) is 25.8 Å². The van der Waals surface area contributed by atoms with Crippen molar-refractivity contribution >= 4 is 11.8 Å². The first kappa shape index (κ1) is 12.4. The van der Waals surface area contributed by atoms with Crippen LogP contribution in [0.2, 0.25) is 0 Å². The summed E-state index contributed by atoms with van der Waals surface area (Å²) in [7, 11) is 0. The van der Waals surface area contributed by atoms with E-state index in [1.807, 2.05) is 0 Å². The van der Waals surface area contributed by atoms with E-state index in [-0.39, 0.29) is 23.9 Å². The van der Waals surface area contributed by atoms with Crippen LogP contribution in [0.1, 0.15) is 38.5 Å². The highest BCUT2D eigenvalue weighted by Crippen LogP contribution is 2.20. The van der Waals surface area contributed by atoms with Gasteiger partial charge in [-0.2, -0.15) is 0 Å². The lowest BCUT2D eigenvalue weighted by Gasteiger charge is -2.27. The Kier molecular flexibility index (Phi) is 3.99. The number of nitrogens with zero attached hydrogens (tertiary/aromatic N) is 1. The van der Waals surface area contributed by atoms with E-state index in [1.165, 1.54) is 12.8 Å². The van der Waals surface area contributed by atoms with E-state index in [1.54, 1.807) is 4.90 Å². The number of hydrogen-bond acceptors (Lipinski definition) is 3. The summed E-state index contributed by atoms with van der Waals surface area (Å²) in [5, 5.41) is 3.35. The van der Waals surface area contributed by atoms with Gasteiger partial charge in [0.25, 0.3) is 0 Å². The molecule has 0 saturated carbocycles. The van der Waals surface area contributed by atoms with Gasteiger partial charge in [0.2, 0.25) is 11.8 Å². The van der Waals surface area contributed by atoms with Gasteiger partial charge in [-0.25, -0.2) is 0 Å². The molecule has 2 rings (SSSR count). The monoisotopic (exact) mass is 239 g/mol. The maximum absolute atomic E-state index is 12.1. The lowest BCUT2D eigenvalue weighted by Crippen LogP contribution is -2.46. The normalized spacial score (nSPS) is 29.3. The van der Waals surface area contributed by atoms with Gasteiger partial charge < -0.3 is 16.0 Å². The van der Waals surface area contributed by atoms with E-state index in [2.05, 4.69) is 5.32 Å². The number of rotatable bonds is 3. The van der Waals surface area contributed by atoms with Crippen molar-refractivity contribution in [1.29, 1.82) is 0 Å². The van der Waals surface area contributed by atoms with Crippen LogP contribution in [0.25, 0.3) is 0 Å². The number of piperidine rings is 1. The molecule has 2 aliphatic heterocycles. The van der Waals surface area contributed by atoms with Crippen LogP contribution < -0.4 is 11.1 Å². The Morgan fingerprint density at radius 1 is 1.24 bits per heavy atom. The number of carbonyl (C=O) groups is 2. The third-order valence-corrected chi connectivity index (χ3v) is 3.73. The van der Waals surface area contributed by atoms with Crippen LogP contribution in [0.4, 0.5) is 0 Å². The summed E-state index contributed by atoms with van der Waals surface area (Å²) in [4.78, 5) is 25.0. The Hall–Kier alpha value is -1.10. The molecule has 5 heteroatoms. The zero-order valence-corrected chi connectivity index (χ0v) is 10.2. The molecule has 0 spiro atoms. The Morgan fingerprint density at radius 3 is 2.71 bits per heavy atom. The molecule has 0 aromatic rings. The van der Waals surface area contributed by atoms with E-state index < -0.39 is 0 Å². The van der Waals surface area contributed by atoms with E-state index in [0.29, 0.717) is 13.0 Å². The second kappa shape index (κ2) is 5.49. The molecule has 2 unspecified atom stereocenters. The van der Waals surface area contributed by atoms with E-state index in [9.17, 15) is 9.59 Å². The van der Waals surface area contributed by atoms with Crippen LogP contribution in [0, 0.1) is 0 Å². The Balaban J connectivity index is 1.88. The Morgan fingerprint density at radius 2 is 2.06 bits per heavy atom. The molecule has 17 heavy (non-hydrogen) atoms. The Labute approximate surface area is 102 Å². The minimum Gasteiger partial charge on any atom is -0.368 e. The van der Waals surface area contributed by atoms with Gasteiger partial charge in [-0.3, -0.25) is 9.59 Å². The van der Waals surface area contributed by atoms with Gasteiger partial charge in [-0.1, -0.05) is 6.42 Å². The molecule has 5 nitrogen and oxygen atoms in total. The minimum absolute atomic E-state index is 0.0747. The van der Waals surface area contributed by atoms with Crippen molar-refractivity contribution in [3.05, 3.63) is 0 Å². The summed E-state index contributed by atoms with van der Waals surface area (Å²) in [6, 6.07) is -0.0866. The highest BCUT2D eigenvalue weighted by Gasteiger charge is 2.33. The van der Waals surface area contributed by atoms with Crippen molar-refractivity contribution in [2.24, 2.45) is 5.73 Å². The third kappa shape index (κ3) is 2.97. The number of hydrogen-bond donors (Lipinski definition) is 2. The van der Waals surface area contributed by atoms with Crippen molar-refractivity contribution in [3.63, 3.8) is 0 Å². The second-order valence-electron chi connectivity index (χ2n) is 5.00. The van der Waals surface area contributed by atoms with Crippen molar-refractivity contribution < 1.29 is 9.59 Å². The molecule has 2 heterocycles. The number of carbonyl (C=O) groups excluding carboxylic acids is 2. The van der Waals surface area contributed by atoms with Gasteiger partial charge in [-0.05, 0) is 32.2 Å². The molecule has 2 saturated heterocycles. The van der Waals surface area contributed by atoms with E-state index >= 15 is 0 Å². The first-order chi connectivity index (χ1) is 8.18. The summed E-state index contributed by atoms with van der Waals surface area (Å²) >= 11 is 0. The van der Waals surface area contributed by atoms with Gasteiger partial charge in [-0.15, -0.1) is 0 Å². The molecular formula is C12H21N3O2. The summed E-state index contributed by atoms with van der Waals surface area (Å²) in [5.74, 6) is -0.293. The van der Waals surface area contributed by atoms with Crippen molar-refractivity contribution in [1.82, 2.24) is 10.2 Å². The van der Waals surface area contributed by atoms with Crippen LogP contribution in [-0.4, -0.2) is 41.9 Å². The molecule has 0 aromatic heterocycles. The van der Waals surface area contributed by atoms with Gasteiger partial charge in [0.15, 0.2) is 0 Å². The topological polar surface area (TPSA) is 75.4 Å². The summed E-state index contributed by atoms with van der Waals surface area (Å²) in [5.41, 5.74) is 5.31. The molecule has 96 valence electrons. The van der Waals surface area contributed by atoms with Gasteiger partial charge in [0.1, 0.15) is 6.04 Å². The molecular weight excluding hydrogens is 218 g/mol. The molecule has 0 radical (unpaired) electrons. The maximum atomic E-state index is 12.1. The summed E-state index contributed by atoms with van der Waals surface area (Å²) in [6.07, 6.45) is 5.55. The van der Waals surface area contributed by atoms with Crippen molar-refractivity contribution in [2.45, 2.75) is 50.6 Å². The largest absolute Gasteiger partial charge is 0.368 e. The molecule has 2 fully saturated rings. The third-order valence-electron chi connectivity index (χ3n) is 3.73. The van der Waals surface area contributed by atoms with Crippen LogP contribution in [-0.2, 0) is 9.59 Å². The second-order valence-corrected chi connectivity index (χ2v) is 5.00. The van der Waals surface area contributed by atoms with Gasteiger partial charge in [0, 0.05) is 19.0 Å². The quantitative estimate of drug-likeness (QED) is 0.727. The average Bonchev–Trinajstić information content (AvgIpc) is 2.79. The fourth-order valence-corrected chi connectivity index (χ4v) is 2.79. The van der Waals surface area contributed by atoms with Crippen LogP contribution in [0.5, 0.6) is 0 Å². The number of amides is 2. The predicted octanol–water partition coefficient (Wildman–Crippen LogP) is -0.00510. The number of nitrogens with two attached hydrogens (primary N) is 1. The lowest BCUT2D eigenvalue weighted by atomic mass is 10.0. The highest BCUT2D eigenvalue weighted by molar-refractivity contribution is 5.87. The zero-order chi connectivity index (χ0) is 12.3. The molecule has 3 N–H and O–H groups in total. The minimum atomic E-state index is -0.369. The first-order valence-corrected chi connectivity index (χ1v) is 6.50. The first-order valence-electron chi connectivity index (χ1n) is 6.50. The lowest BCUT2D eigenvalue weighted by molar-refractivity contribution is -0.137. The fraction of sp³-hybridized carbons (Fsp3) is 0.833. The highest BCUT2D eigenvalue weighted by atomic mass is 16.2. The van der Waals surface area contributed by atoms with Gasteiger partial charge >= 0.3 is 0 Å². The SMILES string of the molecule is NC(=O)C1CCCN1C(=O)CC1CCCCN1. The van der Waals surface area contributed by atoms with Crippen LogP contribution >= 0.6 is 0 Å². The summed E-state index contributed by atoms with van der Waals surface area (Å²) in [6.45, 7) is 1.68. The molecule has 0 bridgehead atoms. The molecule has 0 aromatic carbocycles. The standard InChI is InChI=1S/C12H21N3O2/c13-12(17)10-5-3-7-15(10)11(16)8-9-4-1-2-6-14-9/h9-10,14H,1-8H2,(H2,13,17). The number of likely N-dealkylation sites (tertiary alicyclic amines) is 1. The molecule has 2 amide bonds. The van der Waals surface area contributed by atoms with Crippen LogP contribution in [0.15, 0.2) is 0 Å². The molecule has 0 aliphatic carbocycles. The average molecular weight is 239 g/mol. The zero-order valence-electron chi connectivity index (χ0n) is 10.2. The van der Waals surface area contributed by atoms with Gasteiger partial charge in [0.05, 0.1) is 0 Å². The fourth-order valence-electron chi connectivity index (χ4n) is 2.79. The smallest absolute Gasteiger partial charge is 0.240 e. The maximum Gasteiger partial charge on any atom is 0.240 e. The predicted molar refractivity (Wildman–Crippen MR) is 64.2 cm³/mol. The summed E-state index contributed by atoms with van der Waals surface area (Å²) < 4.78 is 0. The Bertz CT molecular complexity index is 300. The van der Waals surface area contributed by atoms with Crippen molar-refractivity contribution in [3.8, 4) is 0 Å². The molecule has 2 atom stereocenters.